The molecule has 0 bridgehead atoms. The van der Waals surface area contributed by atoms with E-state index in [9.17, 15) is 19.8 Å². The second-order valence-corrected chi connectivity index (χ2v) is 21.4. The molecule has 0 aliphatic carbocycles. The third-order valence-electron chi connectivity index (χ3n) is 15.7. The van der Waals surface area contributed by atoms with Crippen molar-refractivity contribution in [1.82, 2.24) is 9.80 Å². The minimum atomic E-state index is -1.67. The third kappa shape index (κ3) is 9.01. The number of ether oxygens (including phenoxy) is 4. The van der Waals surface area contributed by atoms with Crippen molar-refractivity contribution in [2.45, 2.75) is 52.6 Å². The van der Waals surface area contributed by atoms with Gasteiger partial charge in [-0.2, -0.15) is 0 Å². The summed E-state index contributed by atoms with van der Waals surface area (Å²) in [4.78, 5) is 91.4. The second-order valence-electron chi connectivity index (χ2n) is 21.4. The third-order valence-corrected chi connectivity index (χ3v) is 15.7. The van der Waals surface area contributed by atoms with Crippen molar-refractivity contribution in [2.75, 3.05) is 0 Å². The summed E-state index contributed by atoms with van der Waals surface area (Å²) in [6.07, 6.45) is -0.426. The number of benzene rings is 11. The fourth-order valence-corrected chi connectivity index (χ4v) is 11.6. The highest BCUT2D eigenvalue weighted by Crippen LogP contribution is 2.58. The fraction of sp³-hybridized carbons (Fsp3) is 0.114. The monoisotopic (exact) mass is 1110 g/mol. The summed E-state index contributed by atoms with van der Waals surface area (Å²) in [7, 11) is 0. The van der Waals surface area contributed by atoms with Gasteiger partial charge in [0.1, 0.15) is 58.1 Å². The number of aryl methyl sites for hydroxylation is 4. The molecule has 0 aromatic heterocycles. The zero-order valence-electron chi connectivity index (χ0n) is 45.8. The summed E-state index contributed by atoms with van der Waals surface area (Å²) in [5.41, 5.74) is 4.56. The number of hydrogen-bond acceptors (Lipinski definition) is 10. The van der Waals surface area contributed by atoms with Crippen molar-refractivity contribution in [3.05, 3.63) is 238 Å². The Kier molecular flexibility index (Phi) is 12.9. The van der Waals surface area contributed by atoms with Gasteiger partial charge in [0.2, 0.25) is 0 Å². The summed E-state index contributed by atoms with van der Waals surface area (Å²) in [6, 6.07) is 48.9. The normalized spacial score (nSPS) is 13.7. The number of aliphatic carboxylic acids is 2. The Morgan fingerprint density at radius 2 is 0.583 bits per heavy atom. The van der Waals surface area contributed by atoms with Crippen LogP contribution in [0.25, 0.3) is 43.1 Å². The van der Waals surface area contributed by atoms with Crippen LogP contribution >= 0.6 is 0 Å². The topological polar surface area (TPSA) is 186 Å². The van der Waals surface area contributed by atoms with E-state index in [4.69, 9.17) is 18.9 Å². The molecule has 14 nitrogen and oxygen atoms in total. The smallest absolute Gasteiger partial charge is 0.327 e. The highest BCUT2D eigenvalue weighted by Gasteiger charge is 2.46. The van der Waals surface area contributed by atoms with Crippen LogP contribution in [0.4, 0.5) is 0 Å². The molecule has 0 unspecified atom stereocenters. The molecule has 0 saturated heterocycles. The van der Waals surface area contributed by atoms with Gasteiger partial charge in [0.25, 0.3) is 23.6 Å². The Labute approximate surface area is 480 Å². The van der Waals surface area contributed by atoms with Crippen LogP contribution in [0.2, 0.25) is 0 Å². The first-order valence-corrected chi connectivity index (χ1v) is 27.2. The molecule has 0 fully saturated rings. The summed E-state index contributed by atoms with van der Waals surface area (Å²) in [5.74, 6) is -4.94. The molecule has 14 heteroatoms. The van der Waals surface area contributed by atoms with Crippen LogP contribution in [0.1, 0.15) is 74.8 Å². The molecule has 2 aliphatic heterocycles. The Hall–Kier alpha value is -10.9. The van der Waals surface area contributed by atoms with E-state index in [0.717, 1.165) is 32.1 Å². The molecule has 11 aromatic carbocycles. The van der Waals surface area contributed by atoms with E-state index in [0.29, 0.717) is 34.1 Å². The number of carbonyl (C=O) groups is 6. The van der Waals surface area contributed by atoms with Crippen LogP contribution < -0.4 is 18.9 Å². The molecular formula is C70H50N2O12. The van der Waals surface area contributed by atoms with Crippen LogP contribution in [0.15, 0.2) is 182 Å². The maximum atomic E-state index is 15.7. The number of fused-ring (bicyclic) bond motifs is 2. The number of hydrogen-bond donors (Lipinski definition) is 2. The number of imide groups is 2. The van der Waals surface area contributed by atoms with Gasteiger partial charge in [-0.3, -0.25) is 29.0 Å². The van der Waals surface area contributed by atoms with Gasteiger partial charge in [-0.05, 0) is 112 Å². The Morgan fingerprint density at radius 3 is 0.810 bits per heavy atom. The molecule has 2 aliphatic rings. The highest BCUT2D eigenvalue weighted by molar-refractivity contribution is 6.45. The van der Waals surface area contributed by atoms with Gasteiger partial charge >= 0.3 is 11.9 Å². The maximum Gasteiger partial charge on any atom is 0.327 e. The van der Waals surface area contributed by atoms with Gasteiger partial charge in [0.15, 0.2) is 0 Å². The lowest BCUT2D eigenvalue weighted by atomic mass is 9.80. The van der Waals surface area contributed by atoms with Crippen molar-refractivity contribution in [3.8, 4) is 46.0 Å². The van der Waals surface area contributed by atoms with Crippen LogP contribution in [-0.4, -0.2) is 67.7 Å². The first-order chi connectivity index (χ1) is 40.6. The number of rotatable bonds is 16. The molecule has 13 rings (SSSR count). The van der Waals surface area contributed by atoms with Crippen LogP contribution in [0.3, 0.4) is 0 Å². The summed E-state index contributed by atoms with van der Waals surface area (Å²) < 4.78 is 28.1. The molecular weight excluding hydrogens is 1060 g/mol. The fourth-order valence-electron chi connectivity index (χ4n) is 11.6. The van der Waals surface area contributed by atoms with Gasteiger partial charge in [-0.15, -0.1) is 0 Å². The lowest BCUT2D eigenvalue weighted by molar-refractivity contribution is -0.142. The standard InChI is InChI=1S/C70H50N2O12/c1-37-15-23-43(24-16-37)81-53-33-47-57-48(66(74)71(65(47)73)51(69(77)78)31-41-11-7-5-8-12-41)35-55(83-45-27-19-39(3)20-28-45)61-62-56(84-46-29-21-40(4)22-30-46)36-50-58-49(67(75)72(68(50)76)52(70(79)80)32-42-13-9-6-10-14-42)34-54(60(64(58)62)59(53)63(57)61)82-44-25-17-38(2)18-26-44/h5-30,33-36,51-52H,31-32H2,1-4H3,(H,77,78)(H,79,80)/t51-,52-/m0/s1. The Balaban J connectivity index is 1.22. The molecule has 412 valence electrons. The molecule has 0 radical (unpaired) electrons. The van der Waals surface area contributed by atoms with Crippen molar-refractivity contribution < 1.29 is 57.9 Å². The van der Waals surface area contributed by atoms with Crippen molar-refractivity contribution >= 4 is 78.7 Å². The summed E-state index contributed by atoms with van der Waals surface area (Å²) >= 11 is 0. The molecule has 2 N–H and O–H groups in total. The van der Waals surface area contributed by atoms with Gasteiger partial charge in [-0.1, -0.05) is 131 Å². The predicted molar refractivity (Wildman–Crippen MR) is 317 cm³/mol. The second kappa shape index (κ2) is 20.6. The maximum absolute atomic E-state index is 15.7. The highest BCUT2D eigenvalue weighted by atomic mass is 16.5. The first kappa shape index (κ1) is 52.5. The van der Waals surface area contributed by atoms with Crippen LogP contribution in [-0.2, 0) is 22.4 Å². The van der Waals surface area contributed by atoms with Gasteiger partial charge in [0.05, 0.1) is 22.3 Å². The van der Waals surface area contributed by atoms with Crippen molar-refractivity contribution in [3.63, 3.8) is 0 Å². The summed E-state index contributed by atoms with van der Waals surface area (Å²) in [5, 5.41) is 23.8. The average Bonchev–Trinajstić information content (AvgIpc) is 0.719. The van der Waals surface area contributed by atoms with Crippen molar-refractivity contribution in [2.24, 2.45) is 0 Å². The van der Waals surface area contributed by atoms with Gasteiger partial charge in [-0.25, -0.2) is 9.59 Å². The first-order valence-electron chi connectivity index (χ1n) is 27.2. The average molecular weight is 1110 g/mol. The zero-order valence-corrected chi connectivity index (χ0v) is 45.8. The van der Waals surface area contributed by atoms with E-state index in [1.54, 1.807) is 109 Å². The minimum absolute atomic E-state index is 0.0450. The SMILES string of the molecule is Cc1ccc(Oc2cc3c4c(cc(Oc5ccc(C)cc5)c5c6c(Oc7ccc(C)cc7)cc7c8c(cc(Oc9ccc(C)cc9)c(c2c45)c86)C(=O)N([C@@H](Cc2ccccc2)C(=O)O)C7=O)C(=O)N([C@@H](Cc2ccccc2)C(=O)O)C3=O)cc1. The van der Waals surface area contributed by atoms with E-state index >= 15 is 19.2 Å². The minimum Gasteiger partial charge on any atom is -0.480 e. The van der Waals surface area contributed by atoms with E-state index < -0.39 is 47.7 Å². The molecule has 0 spiro atoms. The molecule has 2 atom stereocenters. The van der Waals surface area contributed by atoms with E-state index in [1.165, 1.54) is 24.3 Å². The number of carboxylic acids is 2. The Morgan fingerprint density at radius 1 is 0.345 bits per heavy atom. The molecule has 11 aromatic rings. The van der Waals surface area contributed by atoms with E-state index in [1.807, 2.05) is 76.2 Å². The lowest BCUT2D eigenvalue weighted by Gasteiger charge is -2.35. The lowest BCUT2D eigenvalue weighted by Crippen LogP contribution is -2.51. The number of nitrogens with zero attached hydrogens (tertiary/aromatic N) is 2. The molecule has 84 heavy (non-hydrogen) atoms. The van der Waals surface area contributed by atoms with E-state index in [2.05, 4.69) is 0 Å². The predicted octanol–water partition coefficient (Wildman–Crippen LogP) is 14.7. The zero-order chi connectivity index (χ0) is 58.2. The van der Waals surface area contributed by atoms with Crippen LogP contribution in [0, 0.1) is 27.7 Å². The van der Waals surface area contributed by atoms with Gasteiger partial charge < -0.3 is 29.2 Å². The molecule has 0 saturated carbocycles. The quantitative estimate of drug-likeness (QED) is 0.0530. The Bertz CT molecular complexity index is 4030. The number of carbonyl (C=O) groups excluding carboxylic acids is 4. The largest absolute Gasteiger partial charge is 0.480 e. The van der Waals surface area contributed by atoms with Crippen LogP contribution in [0.5, 0.6) is 46.0 Å². The van der Waals surface area contributed by atoms with Gasteiger partial charge in [0, 0.05) is 55.9 Å². The van der Waals surface area contributed by atoms with E-state index in [-0.39, 0.29) is 101 Å². The molecule has 2 heterocycles. The van der Waals surface area contributed by atoms with Crippen molar-refractivity contribution in [1.29, 1.82) is 0 Å². The number of carboxylic acid groups (broad SMARTS) is 2. The summed E-state index contributed by atoms with van der Waals surface area (Å²) in [6.45, 7) is 7.67. The number of amides is 4. The molecule has 4 amide bonds.